The molecule has 0 spiro atoms. The molecular weight excluding hydrogens is 356 g/mol. The predicted octanol–water partition coefficient (Wildman–Crippen LogP) is 2.94. The van der Waals surface area contributed by atoms with Gasteiger partial charge in [-0.25, -0.2) is 0 Å². The Labute approximate surface area is 149 Å². The molecule has 0 aliphatic carbocycles. The predicted molar refractivity (Wildman–Crippen MR) is 99.0 cm³/mol. The monoisotopic (exact) mass is 372 g/mol. The van der Waals surface area contributed by atoms with Crippen molar-refractivity contribution in [3.8, 4) is 5.75 Å². The lowest BCUT2D eigenvalue weighted by Crippen LogP contribution is -2.14. The van der Waals surface area contributed by atoms with E-state index in [1.807, 2.05) is 6.92 Å². The van der Waals surface area contributed by atoms with Gasteiger partial charge in [0, 0.05) is 11.1 Å². The molecule has 3 rings (SSSR count). The average molecular weight is 372 g/mol. The maximum Gasteiger partial charge on any atom is 0.294 e. The number of aryl methyl sites for hydroxylation is 1. The number of carbonyl (C=O) groups excluding carboxylic acids is 1. The number of carbonyl (C=O) groups is 1. The summed E-state index contributed by atoms with van der Waals surface area (Å²) in [6.07, 6.45) is 0. The van der Waals surface area contributed by atoms with Crippen molar-refractivity contribution >= 4 is 38.2 Å². The van der Waals surface area contributed by atoms with Crippen molar-refractivity contribution in [2.45, 2.75) is 11.8 Å². The highest BCUT2D eigenvalue weighted by atomic mass is 32.2. The number of rotatable bonds is 3. The summed E-state index contributed by atoms with van der Waals surface area (Å²) in [4.78, 5) is 12.1. The molecule has 134 valence electrons. The van der Waals surface area contributed by atoms with Gasteiger partial charge in [0.25, 0.3) is 16.0 Å². The third kappa shape index (κ3) is 3.32. The summed E-state index contributed by atoms with van der Waals surface area (Å²) in [5.41, 5.74) is 7.53. The number of nitrogen functional groups attached to an aromatic ring is 1. The average Bonchev–Trinajstić information content (AvgIpc) is 2.56. The number of nitrogens with two attached hydrogens (primary N) is 1. The van der Waals surface area contributed by atoms with Crippen molar-refractivity contribution in [1.82, 2.24) is 0 Å². The molecule has 0 fully saturated rings. The van der Waals surface area contributed by atoms with Crippen LogP contribution in [-0.2, 0) is 10.1 Å². The lowest BCUT2D eigenvalue weighted by molar-refractivity contribution is 0.102. The Hall–Kier alpha value is -3.10. The van der Waals surface area contributed by atoms with Crippen LogP contribution in [-0.4, -0.2) is 24.0 Å². The zero-order valence-electron chi connectivity index (χ0n) is 13.7. The third-order valence-corrected chi connectivity index (χ3v) is 4.81. The summed E-state index contributed by atoms with van der Waals surface area (Å²) in [7, 11) is -4.35. The van der Waals surface area contributed by atoms with E-state index in [0.717, 1.165) is 5.56 Å². The highest BCUT2D eigenvalue weighted by molar-refractivity contribution is 7.85. The minimum absolute atomic E-state index is 0.155. The van der Waals surface area contributed by atoms with E-state index in [0.29, 0.717) is 16.5 Å². The van der Waals surface area contributed by atoms with Gasteiger partial charge >= 0.3 is 0 Å². The van der Waals surface area contributed by atoms with Crippen molar-refractivity contribution in [1.29, 1.82) is 0 Å². The van der Waals surface area contributed by atoms with E-state index >= 15 is 0 Å². The third-order valence-electron chi connectivity index (χ3n) is 3.96. The number of anilines is 2. The lowest BCUT2D eigenvalue weighted by Gasteiger charge is -2.12. The molecule has 0 saturated heterocycles. The van der Waals surface area contributed by atoms with Gasteiger partial charge in [-0.2, -0.15) is 8.42 Å². The van der Waals surface area contributed by atoms with Gasteiger partial charge in [-0.1, -0.05) is 12.1 Å². The van der Waals surface area contributed by atoms with Crippen LogP contribution in [0.3, 0.4) is 0 Å². The number of nitrogens with one attached hydrogen (secondary N) is 1. The molecule has 8 heteroatoms. The molecule has 0 saturated carbocycles. The number of hydrogen-bond donors (Lipinski definition) is 4. The summed E-state index contributed by atoms with van der Waals surface area (Å²) in [6, 6.07) is 11.7. The standard InChI is InChI=1S/C18H16N2O5S/c1-10-2-5-14(15(19)8-10)18(22)20-16-7-3-11-9-12(26(23,24)25)4-6-13(11)17(16)21/h2-9,21H,19H2,1H3,(H,20,22)(H,23,24,25). The second-order valence-electron chi connectivity index (χ2n) is 5.86. The van der Waals surface area contributed by atoms with Crippen LogP contribution in [0, 0.1) is 6.92 Å². The Bertz CT molecular complexity index is 1140. The highest BCUT2D eigenvalue weighted by Crippen LogP contribution is 2.34. The molecule has 0 aromatic heterocycles. The fourth-order valence-corrected chi connectivity index (χ4v) is 3.15. The Morgan fingerprint density at radius 2 is 1.81 bits per heavy atom. The normalized spacial score (nSPS) is 11.5. The summed E-state index contributed by atoms with van der Waals surface area (Å²) in [5, 5.41) is 13.7. The molecule has 7 nitrogen and oxygen atoms in total. The summed E-state index contributed by atoms with van der Waals surface area (Å²) in [5.74, 6) is -0.699. The molecule has 5 N–H and O–H groups in total. The minimum Gasteiger partial charge on any atom is -0.505 e. The van der Waals surface area contributed by atoms with E-state index in [9.17, 15) is 18.3 Å². The summed E-state index contributed by atoms with van der Waals surface area (Å²) >= 11 is 0. The maximum absolute atomic E-state index is 12.4. The van der Waals surface area contributed by atoms with E-state index < -0.39 is 16.0 Å². The van der Waals surface area contributed by atoms with Gasteiger partial charge in [0.1, 0.15) is 5.75 Å². The molecular formula is C18H16N2O5S. The van der Waals surface area contributed by atoms with Crippen molar-refractivity contribution in [2.75, 3.05) is 11.1 Å². The van der Waals surface area contributed by atoms with Crippen LogP contribution in [0.2, 0.25) is 0 Å². The first-order valence-corrected chi connectivity index (χ1v) is 9.01. The lowest BCUT2D eigenvalue weighted by atomic mass is 10.1. The van der Waals surface area contributed by atoms with Crippen LogP contribution in [0.5, 0.6) is 5.75 Å². The number of amides is 1. The van der Waals surface area contributed by atoms with Gasteiger partial charge in [0.05, 0.1) is 16.1 Å². The number of phenols is 1. The number of phenolic OH excluding ortho intramolecular Hbond substituents is 1. The minimum atomic E-state index is -4.35. The first-order valence-electron chi connectivity index (χ1n) is 7.57. The zero-order valence-corrected chi connectivity index (χ0v) is 14.5. The molecule has 3 aromatic rings. The topological polar surface area (TPSA) is 130 Å². The van der Waals surface area contributed by atoms with E-state index in [4.69, 9.17) is 10.3 Å². The van der Waals surface area contributed by atoms with Gasteiger partial charge in [-0.15, -0.1) is 0 Å². The first-order chi connectivity index (χ1) is 12.2. The van der Waals surface area contributed by atoms with Crippen LogP contribution in [0.4, 0.5) is 11.4 Å². The Morgan fingerprint density at radius 3 is 2.46 bits per heavy atom. The Balaban J connectivity index is 1.98. The molecule has 0 radical (unpaired) electrons. The van der Waals surface area contributed by atoms with Crippen molar-refractivity contribution in [3.63, 3.8) is 0 Å². The fraction of sp³-hybridized carbons (Fsp3) is 0.0556. The molecule has 1 amide bonds. The van der Waals surface area contributed by atoms with Crippen molar-refractivity contribution in [2.24, 2.45) is 0 Å². The van der Waals surface area contributed by atoms with Gasteiger partial charge in [0.15, 0.2) is 0 Å². The van der Waals surface area contributed by atoms with Gasteiger partial charge in [-0.05, 0) is 54.3 Å². The quantitative estimate of drug-likeness (QED) is 0.318. The Morgan fingerprint density at radius 1 is 1.08 bits per heavy atom. The number of hydrogen-bond acceptors (Lipinski definition) is 5. The smallest absolute Gasteiger partial charge is 0.294 e. The van der Waals surface area contributed by atoms with Crippen LogP contribution in [0.15, 0.2) is 53.4 Å². The van der Waals surface area contributed by atoms with Crippen LogP contribution in [0.25, 0.3) is 10.8 Å². The molecule has 0 heterocycles. The SMILES string of the molecule is Cc1ccc(C(=O)Nc2ccc3cc(S(=O)(=O)O)ccc3c2O)c(N)c1. The van der Waals surface area contributed by atoms with Gasteiger partial charge in [0.2, 0.25) is 0 Å². The largest absolute Gasteiger partial charge is 0.505 e. The van der Waals surface area contributed by atoms with E-state index in [2.05, 4.69) is 5.32 Å². The molecule has 0 unspecified atom stereocenters. The second kappa shape index (κ2) is 6.32. The summed E-state index contributed by atoms with van der Waals surface area (Å²) in [6.45, 7) is 1.86. The number of aromatic hydroxyl groups is 1. The maximum atomic E-state index is 12.4. The van der Waals surface area contributed by atoms with E-state index in [1.165, 1.54) is 30.3 Å². The summed E-state index contributed by atoms with van der Waals surface area (Å²) < 4.78 is 31.5. The second-order valence-corrected chi connectivity index (χ2v) is 7.29. The van der Waals surface area contributed by atoms with Crippen LogP contribution >= 0.6 is 0 Å². The van der Waals surface area contributed by atoms with E-state index in [1.54, 1.807) is 18.2 Å². The fourth-order valence-electron chi connectivity index (χ4n) is 2.63. The van der Waals surface area contributed by atoms with Crippen LogP contribution < -0.4 is 11.1 Å². The number of fused-ring (bicyclic) bond motifs is 1. The molecule has 26 heavy (non-hydrogen) atoms. The van der Waals surface area contributed by atoms with Crippen LogP contribution in [0.1, 0.15) is 15.9 Å². The number of benzene rings is 3. The highest BCUT2D eigenvalue weighted by Gasteiger charge is 2.15. The molecule has 0 aliphatic heterocycles. The zero-order chi connectivity index (χ0) is 19.1. The van der Waals surface area contributed by atoms with Gasteiger partial charge in [-0.3, -0.25) is 9.35 Å². The van der Waals surface area contributed by atoms with Crippen molar-refractivity contribution in [3.05, 3.63) is 59.7 Å². The molecule has 3 aromatic carbocycles. The molecule has 0 aliphatic rings. The van der Waals surface area contributed by atoms with E-state index in [-0.39, 0.29) is 21.9 Å². The van der Waals surface area contributed by atoms with Crippen molar-refractivity contribution < 1.29 is 22.9 Å². The first kappa shape index (κ1) is 17.7. The molecule has 0 bridgehead atoms. The van der Waals surface area contributed by atoms with Gasteiger partial charge < -0.3 is 16.2 Å². The Kier molecular flexibility index (Phi) is 4.31. The molecule has 0 atom stereocenters.